The van der Waals surface area contributed by atoms with E-state index in [9.17, 15) is 4.79 Å². The highest BCUT2D eigenvalue weighted by Crippen LogP contribution is 2.53. The van der Waals surface area contributed by atoms with Crippen molar-refractivity contribution in [2.45, 2.75) is 132 Å². The molecular weight excluding hydrogens is 508 g/mol. The summed E-state index contributed by atoms with van der Waals surface area (Å²) in [6.07, 6.45) is 13.9. The molecule has 40 heavy (non-hydrogen) atoms. The monoisotopic (exact) mass is 550 g/mol. The maximum Gasteiger partial charge on any atom is 0.310 e. The molecule has 0 aromatic heterocycles. The third kappa shape index (κ3) is 4.48. The summed E-state index contributed by atoms with van der Waals surface area (Å²) >= 11 is 0. The highest BCUT2D eigenvalue weighted by molar-refractivity contribution is 5.74. The molecule has 0 radical (unpaired) electrons. The van der Waals surface area contributed by atoms with Crippen molar-refractivity contribution >= 4 is 5.97 Å². The van der Waals surface area contributed by atoms with E-state index < -0.39 is 29.9 Å². The van der Waals surface area contributed by atoms with Gasteiger partial charge in [-0.3, -0.25) is 4.79 Å². The molecule has 2 heterocycles. The number of carbonyl (C=O) groups excluding carboxylic acids is 1. The number of ether oxygens (including phenoxy) is 6. The SMILES string of the molecule is O=C(O[C@@H]1[C@@H](OCc2ccccc2)[C@@H]2OC3(CCCCC3)O[C@@H]2[C@H]2OC3(CCCCC3)O[C@@H]12)[C@H]1C[C@H]2C=C[C@@H]1C2. The number of hydrogen-bond acceptors (Lipinski definition) is 7. The predicted molar refractivity (Wildman–Crippen MR) is 145 cm³/mol. The summed E-state index contributed by atoms with van der Waals surface area (Å²) in [6.45, 7) is 0.402. The first-order valence-electron chi connectivity index (χ1n) is 15.9. The highest BCUT2D eigenvalue weighted by Gasteiger charge is 2.68. The van der Waals surface area contributed by atoms with Gasteiger partial charge in [0.15, 0.2) is 17.7 Å². The van der Waals surface area contributed by atoms with Crippen molar-refractivity contribution < 1.29 is 33.2 Å². The van der Waals surface area contributed by atoms with Gasteiger partial charge < -0.3 is 28.4 Å². The maximum absolute atomic E-state index is 13.8. The lowest BCUT2D eigenvalue weighted by Gasteiger charge is -2.42. The van der Waals surface area contributed by atoms with E-state index in [-0.39, 0.29) is 36.1 Å². The van der Waals surface area contributed by atoms with E-state index in [0.29, 0.717) is 12.5 Å². The highest BCUT2D eigenvalue weighted by atomic mass is 16.8. The van der Waals surface area contributed by atoms with Gasteiger partial charge in [0.05, 0.1) is 12.5 Å². The molecule has 9 atom stereocenters. The Labute approximate surface area is 236 Å². The largest absolute Gasteiger partial charge is 0.456 e. The van der Waals surface area contributed by atoms with Crippen LogP contribution in [0, 0.1) is 17.8 Å². The molecule has 2 bridgehead atoms. The van der Waals surface area contributed by atoms with Crippen LogP contribution in [-0.4, -0.2) is 54.2 Å². The lowest BCUT2D eigenvalue weighted by molar-refractivity contribution is -0.232. The number of allylic oxidation sites excluding steroid dienone is 2. The topological polar surface area (TPSA) is 72.5 Å². The van der Waals surface area contributed by atoms with Crippen LogP contribution in [0.15, 0.2) is 42.5 Å². The van der Waals surface area contributed by atoms with Crippen LogP contribution in [0.5, 0.6) is 0 Å². The Kier molecular flexibility index (Phi) is 6.60. The Hall–Kier alpha value is -1.77. The van der Waals surface area contributed by atoms with Crippen molar-refractivity contribution in [3.05, 3.63) is 48.0 Å². The van der Waals surface area contributed by atoms with E-state index in [1.165, 1.54) is 12.8 Å². The van der Waals surface area contributed by atoms with Crippen molar-refractivity contribution in [3.63, 3.8) is 0 Å². The van der Waals surface area contributed by atoms with Gasteiger partial charge in [-0.2, -0.15) is 0 Å². The van der Waals surface area contributed by atoms with Crippen LogP contribution >= 0.6 is 0 Å². The molecule has 0 N–H and O–H groups in total. The zero-order valence-electron chi connectivity index (χ0n) is 23.3. The maximum atomic E-state index is 13.8. The van der Waals surface area contributed by atoms with Gasteiger partial charge in [0.25, 0.3) is 0 Å². The lowest BCUT2D eigenvalue weighted by Crippen LogP contribution is -2.63. The number of benzene rings is 1. The van der Waals surface area contributed by atoms with Gasteiger partial charge >= 0.3 is 5.97 Å². The van der Waals surface area contributed by atoms with Gasteiger partial charge in [0.2, 0.25) is 0 Å². The summed E-state index contributed by atoms with van der Waals surface area (Å²) in [6, 6.07) is 10.2. The van der Waals surface area contributed by atoms with Gasteiger partial charge in [-0.1, -0.05) is 55.3 Å². The Morgan fingerprint density at radius 1 is 0.725 bits per heavy atom. The van der Waals surface area contributed by atoms with Crippen LogP contribution in [0.1, 0.15) is 82.6 Å². The van der Waals surface area contributed by atoms with E-state index in [1.54, 1.807) is 0 Å². The Morgan fingerprint density at radius 3 is 1.90 bits per heavy atom. The number of carbonyl (C=O) groups is 1. The summed E-state index contributed by atoms with van der Waals surface area (Å²) in [5.74, 6) is -0.727. The van der Waals surface area contributed by atoms with Crippen LogP contribution in [0.4, 0.5) is 0 Å². The molecule has 0 amide bonds. The third-order valence-corrected chi connectivity index (χ3v) is 10.7. The molecule has 7 heteroatoms. The standard InChI is InChI=1S/C33H42O7/c34-31(24-19-22-12-13-23(24)18-22)36-26-25(35-20-21-10-4-1-5-11-21)27-29(39-32(37-27)14-6-2-7-15-32)30-28(26)38-33(40-30)16-8-3-9-17-33/h1,4-5,10-13,22-30H,2-3,6-9,14-20H2/t22-,23+,24-,25+,26+,27-,28-,29-,30-/m0/s1. The number of rotatable bonds is 5. The number of fused-ring (bicyclic) bond motifs is 5. The van der Waals surface area contributed by atoms with Crippen LogP contribution in [0.25, 0.3) is 0 Å². The van der Waals surface area contributed by atoms with Crippen molar-refractivity contribution in [1.82, 2.24) is 0 Å². The van der Waals surface area contributed by atoms with Crippen molar-refractivity contribution in [3.8, 4) is 0 Å². The molecule has 4 saturated carbocycles. The molecule has 0 unspecified atom stereocenters. The second kappa shape index (κ2) is 10.2. The predicted octanol–water partition coefficient (Wildman–Crippen LogP) is 5.60. The lowest BCUT2D eigenvalue weighted by atomic mass is 9.84. The van der Waals surface area contributed by atoms with Crippen LogP contribution < -0.4 is 0 Å². The van der Waals surface area contributed by atoms with E-state index in [1.807, 2.05) is 18.2 Å². The van der Waals surface area contributed by atoms with E-state index in [4.69, 9.17) is 28.4 Å². The minimum Gasteiger partial charge on any atom is -0.456 e. The fourth-order valence-electron chi connectivity index (χ4n) is 8.72. The molecule has 7 aliphatic rings. The van der Waals surface area contributed by atoms with Gasteiger partial charge in [-0.25, -0.2) is 0 Å². The number of esters is 1. The molecule has 7 nitrogen and oxygen atoms in total. The minimum absolute atomic E-state index is 0.0997. The van der Waals surface area contributed by atoms with Gasteiger partial charge in [0.1, 0.15) is 30.5 Å². The van der Waals surface area contributed by atoms with Crippen LogP contribution in [0.2, 0.25) is 0 Å². The zero-order chi connectivity index (χ0) is 26.7. The second-order valence-corrected chi connectivity index (χ2v) is 13.3. The number of hydrogen-bond donors (Lipinski definition) is 0. The quantitative estimate of drug-likeness (QED) is 0.349. The van der Waals surface area contributed by atoms with Crippen molar-refractivity contribution in [1.29, 1.82) is 0 Å². The molecular formula is C33H42O7. The zero-order valence-corrected chi connectivity index (χ0v) is 23.3. The minimum atomic E-state index is -0.641. The molecule has 5 aliphatic carbocycles. The summed E-state index contributed by atoms with van der Waals surface area (Å²) in [5, 5.41) is 0. The fourth-order valence-corrected chi connectivity index (χ4v) is 8.72. The second-order valence-electron chi connectivity index (χ2n) is 13.3. The first kappa shape index (κ1) is 25.9. The molecule has 1 aromatic carbocycles. The molecule has 2 saturated heterocycles. The molecule has 1 aromatic rings. The molecule has 2 spiro atoms. The van der Waals surface area contributed by atoms with Gasteiger partial charge in [0, 0.05) is 25.7 Å². The van der Waals surface area contributed by atoms with E-state index in [2.05, 4.69) is 24.3 Å². The van der Waals surface area contributed by atoms with Crippen LogP contribution in [-0.2, 0) is 39.8 Å². The summed E-state index contributed by atoms with van der Waals surface area (Å²) < 4.78 is 40.7. The summed E-state index contributed by atoms with van der Waals surface area (Å²) in [7, 11) is 0. The van der Waals surface area contributed by atoms with Gasteiger partial charge in [-0.05, 0) is 55.9 Å². The van der Waals surface area contributed by atoms with Crippen molar-refractivity contribution in [2.24, 2.45) is 17.8 Å². The fraction of sp³-hybridized carbons (Fsp3) is 0.727. The Morgan fingerprint density at radius 2 is 1.32 bits per heavy atom. The normalized spacial score (nSPS) is 42.2. The molecule has 216 valence electrons. The average Bonchev–Trinajstić information content (AvgIpc) is 3.77. The first-order chi connectivity index (χ1) is 19.6. The van der Waals surface area contributed by atoms with E-state index in [0.717, 1.165) is 69.8 Å². The Balaban J connectivity index is 1.13. The summed E-state index contributed by atoms with van der Waals surface area (Å²) in [4.78, 5) is 13.8. The average molecular weight is 551 g/mol. The molecule has 2 aliphatic heterocycles. The van der Waals surface area contributed by atoms with Gasteiger partial charge in [-0.15, -0.1) is 0 Å². The smallest absolute Gasteiger partial charge is 0.310 e. The molecule has 6 fully saturated rings. The first-order valence-corrected chi connectivity index (χ1v) is 15.9. The summed E-state index contributed by atoms with van der Waals surface area (Å²) in [5.41, 5.74) is 1.07. The Bertz CT molecular complexity index is 1110. The van der Waals surface area contributed by atoms with Crippen LogP contribution in [0.3, 0.4) is 0 Å². The third-order valence-electron chi connectivity index (χ3n) is 10.7. The molecule has 8 rings (SSSR count). The van der Waals surface area contributed by atoms with Crippen molar-refractivity contribution in [2.75, 3.05) is 0 Å². The van der Waals surface area contributed by atoms with E-state index >= 15 is 0 Å².